The maximum atomic E-state index is 12.4. The maximum absolute atomic E-state index is 12.4. The minimum atomic E-state index is -4.39. The Balaban J connectivity index is 2.24. The number of dihydropyridines is 1. The van der Waals surface area contributed by atoms with Crippen molar-refractivity contribution in [3.05, 3.63) is 53.9 Å². The molecule has 0 fully saturated rings. The maximum Gasteiger partial charge on any atom is 0.430 e. The number of rotatable bonds is 1. The second-order valence-corrected chi connectivity index (χ2v) is 3.71. The summed E-state index contributed by atoms with van der Waals surface area (Å²) in [4.78, 5) is 0. The van der Waals surface area contributed by atoms with Crippen molar-refractivity contribution in [1.82, 2.24) is 5.32 Å². The number of hydrogen-bond donors (Lipinski definition) is 2. The molecule has 0 bridgehead atoms. The molecular weight excluding hydrogens is 229 g/mol. The third-order valence-corrected chi connectivity index (χ3v) is 2.50. The molecule has 17 heavy (non-hydrogen) atoms. The van der Waals surface area contributed by atoms with E-state index in [-0.39, 0.29) is 0 Å². The van der Waals surface area contributed by atoms with Gasteiger partial charge in [0.1, 0.15) is 5.70 Å². The first kappa shape index (κ1) is 11.7. The summed E-state index contributed by atoms with van der Waals surface area (Å²) in [6.45, 7) is 0. The van der Waals surface area contributed by atoms with Gasteiger partial charge >= 0.3 is 6.18 Å². The highest BCUT2D eigenvalue weighted by atomic mass is 19.4. The first-order valence-corrected chi connectivity index (χ1v) is 5.05. The van der Waals surface area contributed by atoms with Gasteiger partial charge in [-0.25, -0.2) is 0 Å². The van der Waals surface area contributed by atoms with Gasteiger partial charge in [-0.3, -0.25) is 0 Å². The molecule has 1 heterocycles. The molecule has 1 aliphatic heterocycles. The number of benzene rings is 1. The van der Waals surface area contributed by atoms with Crippen LogP contribution < -0.4 is 11.1 Å². The predicted octanol–water partition coefficient (Wildman–Crippen LogP) is 2.40. The van der Waals surface area contributed by atoms with Crippen LogP contribution in [-0.4, -0.2) is 12.2 Å². The van der Waals surface area contributed by atoms with Gasteiger partial charge in [-0.1, -0.05) is 30.3 Å². The van der Waals surface area contributed by atoms with Crippen LogP contribution in [0.2, 0.25) is 0 Å². The highest BCUT2D eigenvalue weighted by Gasteiger charge is 2.35. The Hall–Kier alpha value is -1.75. The average molecular weight is 240 g/mol. The summed E-state index contributed by atoms with van der Waals surface area (Å²) >= 11 is 0. The summed E-state index contributed by atoms with van der Waals surface area (Å²) < 4.78 is 37.3. The Kier molecular flexibility index (Phi) is 2.93. The minimum Gasteiger partial charge on any atom is -0.358 e. The summed E-state index contributed by atoms with van der Waals surface area (Å²) in [5.74, 6) is 0. The third-order valence-electron chi connectivity index (χ3n) is 2.50. The molecule has 1 aromatic carbocycles. The van der Waals surface area contributed by atoms with Crippen LogP contribution in [0, 0.1) is 0 Å². The molecule has 90 valence electrons. The lowest BCUT2D eigenvalue weighted by molar-refractivity contribution is -0.0959. The van der Waals surface area contributed by atoms with Crippen molar-refractivity contribution in [2.75, 3.05) is 0 Å². The van der Waals surface area contributed by atoms with Crippen molar-refractivity contribution >= 4 is 5.57 Å². The van der Waals surface area contributed by atoms with Crippen molar-refractivity contribution in [1.29, 1.82) is 0 Å². The first-order valence-electron chi connectivity index (χ1n) is 5.05. The molecule has 3 N–H and O–H groups in total. The molecule has 1 aromatic rings. The van der Waals surface area contributed by atoms with Crippen molar-refractivity contribution in [3.8, 4) is 0 Å². The zero-order valence-electron chi connectivity index (χ0n) is 8.83. The number of nitrogens with one attached hydrogen (secondary N) is 1. The Bertz CT molecular complexity index is 460. The molecule has 0 amide bonds. The molecule has 0 aliphatic carbocycles. The number of halogens is 3. The summed E-state index contributed by atoms with van der Waals surface area (Å²) in [5, 5.41) is 2.23. The van der Waals surface area contributed by atoms with E-state index in [0.717, 1.165) is 11.6 Å². The lowest BCUT2D eigenvalue weighted by Gasteiger charge is -2.22. The lowest BCUT2D eigenvalue weighted by atomic mass is 9.97. The van der Waals surface area contributed by atoms with Gasteiger partial charge in [-0.2, -0.15) is 13.2 Å². The molecule has 0 saturated heterocycles. The van der Waals surface area contributed by atoms with Crippen LogP contribution in [0.3, 0.4) is 0 Å². The van der Waals surface area contributed by atoms with Gasteiger partial charge in [0.2, 0.25) is 0 Å². The van der Waals surface area contributed by atoms with E-state index in [1.165, 1.54) is 6.20 Å². The molecule has 2 rings (SSSR count). The smallest absolute Gasteiger partial charge is 0.358 e. The Morgan fingerprint density at radius 2 is 1.76 bits per heavy atom. The van der Waals surface area contributed by atoms with Gasteiger partial charge in [0.05, 0.1) is 6.04 Å². The van der Waals surface area contributed by atoms with E-state index in [2.05, 4.69) is 5.32 Å². The molecular formula is C12H11F3N2. The molecule has 0 radical (unpaired) electrons. The molecule has 0 spiro atoms. The van der Waals surface area contributed by atoms with E-state index in [9.17, 15) is 13.2 Å². The molecule has 2 nitrogen and oxygen atoms in total. The Morgan fingerprint density at radius 1 is 1.12 bits per heavy atom. The van der Waals surface area contributed by atoms with Gasteiger partial charge < -0.3 is 11.1 Å². The van der Waals surface area contributed by atoms with Crippen molar-refractivity contribution in [2.24, 2.45) is 5.73 Å². The fraction of sp³-hybridized carbons (Fsp3) is 0.167. The average Bonchev–Trinajstić information content (AvgIpc) is 2.29. The van der Waals surface area contributed by atoms with Crippen LogP contribution in [0.25, 0.3) is 5.57 Å². The molecule has 0 aromatic heterocycles. The standard InChI is InChI=1S/C12H11F3N2/c13-12(14,15)11-6-10(16)9(7-17-11)8-4-2-1-3-5-8/h1-7,10,17H,16H2. The fourth-order valence-electron chi connectivity index (χ4n) is 1.65. The molecule has 1 aliphatic rings. The van der Waals surface area contributed by atoms with Gasteiger partial charge in [0.15, 0.2) is 0 Å². The third kappa shape index (κ3) is 2.50. The quantitative estimate of drug-likeness (QED) is 0.791. The van der Waals surface area contributed by atoms with Gasteiger partial charge in [0, 0.05) is 6.20 Å². The zero-order valence-corrected chi connectivity index (χ0v) is 8.83. The number of allylic oxidation sites excluding steroid dienone is 1. The Labute approximate surface area is 96.6 Å². The summed E-state index contributed by atoms with van der Waals surface area (Å²) in [5.41, 5.74) is 6.35. The van der Waals surface area contributed by atoms with E-state index < -0.39 is 17.9 Å². The number of nitrogens with two attached hydrogens (primary N) is 1. The largest absolute Gasteiger partial charge is 0.430 e. The van der Waals surface area contributed by atoms with Crippen LogP contribution >= 0.6 is 0 Å². The fourth-order valence-corrected chi connectivity index (χ4v) is 1.65. The zero-order chi connectivity index (χ0) is 12.5. The van der Waals surface area contributed by atoms with Gasteiger partial charge in [-0.15, -0.1) is 0 Å². The van der Waals surface area contributed by atoms with Crippen LogP contribution in [0.5, 0.6) is 0 Å². The highest BCUT2D eigenvalue weighted by Crippen LogP contribution is 2.29. The van der Waals surface area contributed by atoms with Gasteiger partial charge in [-0.05, 0) is 17.2 Å². The predicted molar refractivity (Wildman–Crippen MR) is 59.7 cm³/mol. The van der Waals surface area contributed by atoms with E-state index >= 15 is 0 Å². The van der Waals surface area contributed by atoms with Crippen molar-refractivity contribution in [2.45, 2.75) is 12.2 Å². The second kappa shape index (κ2) is 4.25. The normalized spacial score (nSPS) is 20.4. The van der Waals surface area contributed by atoms with Crippen LogP contribution in [0.4, 0.5) is 13.2 Å². The molecule has 5 heteroatoms. The first-order chi connectivity index (χ1) is 7.98. The minimum absolute atomic E-state index is 0.638. The number of hydrogen-bond acceptors (Lipinski definition) is 2. The Morgan fingerprint density at radius 3 is 2.29 bits per heavy atom. The SMILES string of the molecule is NC1C=C(C(F)(F)F)NC=C1c1ccccc1. The number of alkyl halides is 3. The highest BCUT2D eigenvalue weighted by molar-refractivity contribution is 5.72. The topological polar surface area (TPSA) is 38.0 Å². The van der Waals surface area contributed by atoms with Crippen molar-refractivity contribution in [3.63, 3.8) is 0 Å². The monoisotopic (exact) mass is 240 g/mol. The molecule has 1 unspecified atom stereocenters. The molecule has 0 saturated carbocycles. The van der Waals surface area contributed by atoms with Crippen LogP contribution in [0.1, 0.15) is 5.56 Å². The van der Waals surface area contributed by atoms with E-state index in [1.807, 2.05) is 18.2 Å². The lowest BCUT2D eigenvalue weighted by Crippen LogP contribution is -2.32. The van der Waals surface area contributed by atoms with Crippen molar-refractivity contribution < 1.29 is 13.2 Å². The van der Waals surface area contributed by atoms with Crippen LogP contribution in [0.15, 0.2) is 48.3 Å². The summed E-state index contributed by atoms with van der Waals surface area (Å²) in [7, 11) is 0. The summed E-state index contributed by atoms with van der Waals surface area (Å²) in [6.07, 6.45) is -2.10. The van der Waals surface area contributed by atoms with Crippen LogP contribution in [-0.2, 0) is 0 Å². The van der Waals surface area contributed by atoms with E-state index in [4.69, 9.17) is 5.73 Å². The summed E-state index contributed by atoms with van der Waals surface area (Å²) in [6, 6.07) is 8.32. The molecule has 1 atom stereocenters. The second-order valence-electron chi connectivity index (χ2n) is 3.71. The van der Waals surface area contributed by atoms with E-state index in [0.29, 0.717) is 5.57 Å². The van der Waals surface area contributed by atoms with E-state index in [1.54, 1.807) is 12.1 Å². The van der Waals surface area contributed by atoms with Gasteiger partial charge in [0.25, 0.3) is 0 Å².